The fourth-order valence-electron chi connectivity index (χ4n) is 2.97. The molecule has 1 aromatic heterocycles. The van der Waals surface area contributed by atoms with E-state index < -0.39 is 0 Å². The number of nitrogens with one attached hydrogen (secondary N) is 1. The van der Waals surface area contributed by atoms with Crippen LogP contribution < -0.4 is 11.1 Å². The third kappa shape index (κ3) is 4.07. The average molecular weight is 278 g/mol. The highest BCUT2D eigenvalue weighted by Crippen LogP contribution is 2.29. The van der Waals surface area contributed by atoms with Crippen LogP contribution in [-0.4, -0.2) is 28.2 Å². The molecular weight excluding hydrogens is 252 g/mol. The third-order valence-electron chi connectivity index (χ3n) is 4.11. The Kier molecular flexibility index (Phi) is 5.59. The van der Waals surface area contributed by atoms with Gasteiger partial charge < -0.3 is 16.2 Å². The number of nitrogens with two attached hydrogens (primary N) is 1. The molecule has 2 unspecified atom stereocenters. The van der Waals surface area contributed by atoms with Gasteiger partial charge in [-0.15, -0.1) is 0 Å². The number of aliphatic hydroxyl groups excluding tert-OH is 1. The van der Waals surface area contributed by atoms with Gasteiger partial charge >= 0.3 is 0 Å². The predicted octanol–water partition coefficient (Wildman–Crippen LogP) is 2.22. The van der Waals surface area contributed by atoms with E-state index in [1.807, 2.05) is 0 Å². The monoisotopic (exact) mass is 278 g/mol. The molecule has 0 bridgehead atoms. The fourth-order valence-corrected chi connectivity index (χ4v) is 2.97. The van der Waals surface area contributed by atoms with E-state index in [1.165, 1.54) is 19.3 Å². The Labute approximate surface area is 121 Å². The Hall–Kier alpha value is -1.36. The van der Waals surface area contributed by atoms with Gasteiger partial charge in [0.05, 0.1) is 0 Å². The van der Waals surface area contributed by atoms with Gasteiger partial charge in [-0.05, 0) is 31.1 Å². The molecule has 0 aliphatic heterocycles. The van der Waals surface area contributed by atoms with Gasteiger partial charge in [0, 0.05) is 25.6 Å². The van der Waals surface area contributed by atoms with E-state index in [2.05, 4.69) is 22.2 Å². The zero-order valence-electron chi connectivity index (χ0n) is 12.3. The molecule has 1 aromatic rings. The first-order chi connectivity index (χ1) is 9.72. The van der Waals surface area contributed by atoms with Crippen molar-refractivity contribution in [1.82, 2.24) is 9.97 Å². The van der Waals surface area contributed by atoms with Crippen LogP contribution in [0.1, 0.15) is 44.9 Å². The lowest BCUT2D eigenvalue weighted by molar-refractivity contribution is 0.141. The van der Waals surface area contributed by atoms with Crippen molar-refractivity contribution in [3.63, 3.8) is 0 Å². The number of aliphatic hydroxyl groups is 1. The Morgan fingerprint density at radius 3 is 2.75 bits per heavy atom. The van der Waals surface area contributed by atoms with E-state index >= 15 is 0 Å². The maximum absolute atomic E-state index is 9.44. The molecule has 5 heteroatoms. The number of hydrogen-bond donors (Lipinski definition) is 3. The van der Waals surface area contributed by atoms with Gasteiger partial charge in [-0.1, -0.05) is 19.8 Å². The lowest BCUT2D eigenvalue weighted by Gasteiger charge is -2.30. The molecule has 1 aliphatic rings. The molecular formula is C15H26N4O. The molecule has 1 saturated carbocycles. The second kappa shape index (κ2) is 7.43. The van der Waals surface area contributed by atoms with Crippen molar-refractivity contribution in [3.05, 3.63) is 11.9 Å². The summed E-state index contributed by atoms with van der Waals surface area (Å²) in [5.41, 5.74) is 5.82. The summed E-state index contributed by atoms with van der Waals surface area (Å²) < 4.78 is 0. The first kappa shape index (κ1) is 15.0. The number of aryl methyl sites for hydroxylation is 1. The Balaban J connectivity index is 1.95. The second-order valence-electron chi connectivity index (χ2n) is 5.71. The van der Waals surface area contributed by atoms with Crippen LogP contribution in [0, 0.1) is 11.8 Å². The van der Waals surface area contributed by atoms with E-state index in [-0.39, 0.29) is 0 Å². The molecule has 112 valence electrons. The van der Waals surface area contributed by atoms with Gasteiger partial charge in [0.1, 0.15) is 17.5 Å². The van der Waals surface area contributed by atoms with Crippen molar-refractivity contribution in [3.8, 4) is 0 Å². The van der Waals surface area contributed by atoms with Crippen molar-refractivity contribution in [1.29, 1.82) is 0 Å². The van der Waals surface area contributed by atoms with Crippen LogP contribution in [0.4, 0.5) is 11.6 Å². The van der Waals surface area contributed by atoms with Crippen molar-refractivity contribution >= 4 is 11.6 Å². The highest BCUT2D eigenvalue weighted by molar-refractivity contribution is 5.44. The van der Waals surface area contributed by atoms with Crippen LogP contribution in [0.5, 0.6) is 0 Å². The SMILES string of the molecule is CCCc1nc(N)cc(NCC2CCCCC2CO)n1. The van der Waals surface area contributed by atoms with E-state index in [4.69, 9.17) is 5.73 Å². The van der Waals surface area contributed by atoms with E-state index in [1.54, 1.807) is 6.07 Å². The minimum absolute atomic E-state index is 0.291. The summed E-state index contributed by atoms with van der Waals surface area (Å²) in [6, 6.07) is 1.79. The molecule has 4 N–H and O–H groups in total. The van der Waals surface area contributed by atoms with Crippen molar-refractivity contribution in [2.45, 2.75) is 45.4 Å². The standard InChI is InChI=1S/C15H26N4O/c1-2-5-14-18-13(16)8-15(19-14)17-9-11-6-3-4-7-12(11)10-20/h8,11-12,20H,2-7,9-10H2,1H3,(H3,16,17,18,19). The highest BCUT2D eigenvalue weighted by atomic mass is 16.3. The molecule has 2 atom stereocenters. The summed E-state index contributed by atoms with van der Waals surface area (Å²) in [6.07, 6.45) is 6.68. The minimum atomic E-state index is 0.291. The van der Waals surface area contributed by atoms with Gasteiger partial charge in [-0.2, -0.15) is 0 Å². The lowest BCUT2D eigenvalue weighted by Crippen LogP contribution is -2.29. The smallest absolute Gasteiger partial charge is 0.133 e. The number of aromatic nitrogens is 2. The summed E-state index contributed by atoms with van der Waals surface area (Å²) >= 11 is 0. The Bertz CT molecular complexity index is 424. The molecule has 0 radical (unpaired) electrons. The molecule has 0 aromatic carbocycles. The number of nitrogens with zero attached hydrogens (tertiary/aromatic N) is 2. The number of nitrogen functional groups attached to an aromatic ring is 1. The zero-order chi connectivity index (χ0) is 14.4. The molecule has 20 heavy (non-hydrogen) atoms. The number of hydrogen-bond acceptors (Lipinski definition) is 5. The second-order valence-corrected chi connectivity index (χ2v) is 5.71. The zero-order valence-corrected chi connectivity index (χ0v) is 12.3. The van der Waals surface area contributed by atoms with E-state index in [0.29, 0.717) is 24.3 Å². The predicted molar refractivity (Wildman–Crippen MR) is 81.5 cm³/mol. The largest absolute Gasteiger partial charge is 0.396 e. The highest BCUT2D eigenvalue weighted by Gasteiger charge is 2.24. The minimum Gasteiger partial charge on any atom is -0.396 e. The van der Waals surface area contributed by atoms with Gasteiger partial charge in [-0.25, -0.2) is 9.97 Å². The molecule has 0 spiro atoms. The molecule has 1 fully saturated rings. The summed E-state index contributed by atoms with van der Waals surface area (Å²) in [7, 11) is 0. The van der Waals surface area contributed by atoms with Gasteiger partial charge in [-0.3, -0.25) is 0 Å². The Morgan fingerprint density at radius 1 is 1.30 bits per heavy atom. The lowest BCUT2D eigenvalue weighted by atomic mass is 9.79. The quantitative estimate of drug-likeness (QED) is 0.743. The maximum Gasteiger partial charge on any atom is 0.133 e. The molecule has 0 amide bonds. The number of rotatable bonds is 6. The first-order valence-electron chi connectivity index (χ1n) is 7.71. The van der Waals surface area contributed by atoms with Crippen molar-refractivity contribution in [2.24, 2.45) is 11.8 Å². The van der Waals surface area contributed by atoms with Crippen LogP contribution >= 0.6 is 0 Å². The van der Waals surface area contributed by atoms with Crippen LogP contribution in [0.2, 0.25) is 0 Å². The van der Waals surface area contributed by atoms with Crippen LogP contribution in [0.15, 0.2) is 6.07 Å². The molecule has 5 nitrogen and oxygen atoms in total. The average Bonchev–Trinajstić information content (AvgIpc) is 2.45. The summed E-state index contributed by atoms with van der Waals surface area (Å²) in [6.45, 7) is 3.25. The van der Waals surface area contributed by atoms with Crippen molar-refractivity contribution in [2.75, 3.05) is 24.2 Å². The van der Waals surface area contributed by atoms with Crippen LogP contribution in [0.3, 0.4) is 0 Å². The van der Waals surface area contributed by atoms with Crippen LogP contribution in [0.25, 0.3) is 0 Å². The maximum atomic E-state index is 9.44. The van der Waals surface area contributed by atoms with E-state index in [0.717, 1.165) is 37.4 Å². The summed E-state index contributed by atoms with van der Waals surface area (Å²) in [4.78, 5) is 8.73. The summed E-state index contributed by atoms with van der Waals surface area (Å²) in [5, 5.41) is 12.8. The molecule has 1 aliphatic carbocycles. The summed E-state index contributed by atoms with van der Waals surface area (Å²) in [5.74, 6) is 3.08. The van der Waals surface area contributed by atoms with Gasteiger partial charge in [0.15, 0.2) is 0 Å². The normalized spacial score (nSPS) is 22.7. The molecule has 1 heterocycles. The van der Waals surface area contributed by atoms with Gasteiger partial charge in [0.2, 0.25) is 0 Å². The molecule has 0 saturated heterocycles. The molecule has 2 rings (SSSR count). The first-order valence-corrected chi connectivity index (χ1v) is 7.71. The van der Waals surface area contributed by atoms with E-state index in [9.17, 15) is 5.11 Å². The Morgan fingerprint density at radius 2 is 2.05 bits per heavy atom. The van der Waals surface area contributed by atoms with Gasteiger partial charge in [0.25, 0.3) is 0 Å². The van der Waals surface area contributed by atoms with Crippen LogP contribution in [-0.2, 0) is 6.42 Å². The number of anilines is 2. The van der Waals surface area contributed by atoms with Crippen molar-refractivity contribution < 1.29 is 5.11 Å². The topological polar surface area (TPSA) is 84.1 Å². The fraction of sp³-hybridized carbons (Fsp3) is 0.733. The third-order valence-corrected chi connectivity index (χ3v) is 4.11.